The van der Waals surface area contributed by atoms with Crippen LogP contribution in [0.2, 0.25) is 5.02 Å². The molecule has 0 heterocycles. The van der Waals surface area contributed by atoms with Crippen molar-refractivity contribution in [3.8, 4) is 11.5 Å². The van der Waals surface area contributed by atoms with Crippen LogP contribution in [-0.4, -0.2) is 27.3 Å². The number of rotatable bonds is 6. The lowest BCUT2D eigenvalue weighted by Crippen LogP contribution is -2.09. The van der Waals surface area contributed by atoms with Gasteiger partial charge in [0.2, 0.25) is 0 Å². The van der Waals surface area contributed by atoms with Crippen molar-refractivity contribution < 1.29 is 9.47 Å². The van der Waals surface area contributed by atoms with E-state index in [4.69, 9.17) is 26.8 Å². The van der Waals surface area contributed by atoms with Crippen LogP contribution in [0.25, 0.3) is 0 Å². The highest BCUT2D eigenvalue weighted by molar-refractivity contribution is 6.32. The van der Waals surface area contributed by atoms with E-state index >= 15 is 0 Å². The summed E-state index contributed by atoms with van der Waals surface area (Å²) in [7, 11) is 3.18. The van der Waals surface area contributed by atoms with Gasteiger partial charge in [-0.15, -0.1) is 0 Å². The lowest BCUT2D eigenvalue weighted by atomic mass is 10.2. The van der Waals surface area contributed by atoms with Crippen molar-refractivity contribution in [2.45, 2.75) is 6.42 Å². The molecule has 90 valence electrons. The fourth-order valence-corrected chi connectivity index (χ4v) is 1.56. The van der Waals surface area contributed by atoms with Gasteiger partial charge in [-0.25, -0.2) is 0 Å². The Morgan fingerprint density at radius 3 is 2.50 bits per heavy atom. The number of nitrogens with two attached hydrogens (primary N) is 1. The Hall–Kier alpha value is -1.13. The molecule has 1 aromatic rings. The van der Waals surface area contributed by atoms with E-state index in [-0.39, 0.29) is 0 Å². The topological polar surface area (TPSA) is 56.5 Å². The Morgan fingerprint density at radius 1 is 1.25 bits per heavy atom. The third-order valence-corrected chi connectivity index (χ3v) is 2.47. The summed E-state index contributed by atoms with van der Waals surface area (Å²) in [5.74, 6) is 1.31. The molecule has 4 nitrogen and oxygen atoms in total. The molecule has 0 aromatic heterocycles. The molecule has 0 aliphatic heterocycles. The highest BCUT2D eigenvalue weighted by atomic mass is 35.5. The van der Waals surface area contributed by atoms with Gasteiger partial charge in [-0.1, -0.05) is 11.6 Å². The summed E-state index contributed by atoms with van der Waals surface area (Å²) < 4.78 is 10.3. The molecule has 1 rings (SSSR count). The molecule has 0 atom stereocenters. The monoisotopic (exact) mass is 244 g/mol. The minimum atomic E-state index is 0.554. The number of ether oxygens (including phenoxy) is 2. The van der Waals surface area contributed by atoms with E-state index in [9.17, 15) is 0 Å². The predicted molar refractivity (Wildman–Crippen MR) is 66.7 cm³/mol. The quantitative estimate of drug-likeness (QED) is 0.753. The molecule has 0 amide bonds. The SMILES string of the molecule is COc1cc(OC)c(NCCCN)cc1Cl. The number of nitrogens with one attached hydrogen (secondary N) is 1. The highest BCUT2D eigenvalue weighted by Crippen LogP contribution is 2.35. The van der Waals surface area contributed by atoms with Gasteiger partial charge in [0, 0.05) is 12.6 Å². The van der Waals surface area contributed by atoms with Crippen molar-refractivity contribution in [2.24, 2.45) is 5.73 Å². The Kier molecular flexibility index (Phi) is 5.22. The fraction of sp³-hybridized carbons (Fsp3) is 0.455. The maximum atomic E-state index is 6.03. The highest BCUT2D eigenvalue weighted by Gasteiger charge is 2.08. The second-order valence-electron chi connectivity index (χ2n) is 3.26. The molecule has 0 saturated heterocycles. The molecule has 5 heteroatoms. The molecule has 0 radical (unpaired) electrons. The Bertz CT molecular complexity index is 345. The van der Waals surface area contributed by atoms with Crippen molar-refractivity contribution in [3.63, 3.8) is 0 Å². The number of hydrogen-bond acceptors (Lipinski definition) is 4. The minimum Gasteiger partial charge on any atom is -0.495 e. The first-order valence-electron chi connectivity index (χ1n) is 5.08. The molecule has 3 N–H and O–H groups in total. The third kappa shape index (κ3) is 3.18. The Balaban J connectivity index is 2.85. The first kappa shape index (κ1) is 12.9. The van der Waals surface area contributed by atoms with Gasteiger partial charge in [0.15, 0.2) is 0 Å². The van der Waals surface area contributed by atoms with Gasteiger partial charge in [0.25, 0.3) is 0 Å². The number of hydrogen-bond donors (Lipinski definition) is 2. The molecule has 16 heavy (non-hydrogen) atoms. The number of anilines is 1. The van der Waals surface area contributed by atoms with E-state index in [1.165, 1.54) is 0 Å². The van der Waals surface area contributed by atoms with E-state index in [1.54, 1.807) is 26.4 Å². The van der Waals surface area contributed by atoms with Crippen molar-refractivity contribution >= 4 is 17.3 Å². The second kappa shape index (κ2) is 6.45. The Labute approximate surface area is 101 Å². The van der Waals surface area contributed by atoms with E-state index in [1.807, 2.05) is 0 Å². The zero-order chi connectivity index (χ0) is 12.0. The second-order valence-corrected chi connectivity index (χ2v) is 3.66. The summed E-state index contributed by atoms with van der Waals surface area (Å²) >= 11 is 6.03. The van der Waals surface area contributed by atoms with E-state index in [0.717, 1.165) is 18.7 Å². The molecule has 0 bridgehead atoms. The van der Waals surface area contributed by atoms with Gasteiger partial charge in [-0.05, 0) is 19.0 Å². The van der Waals surface area contributed by atoms with Gasteiger partial charge in [0.1, 0.15) is 11.5 Å². The molecule has 0 saturated carbocycles. The minimum absolute atomic E-state index is 0.554. The van der Waals surface area contributed by atoms with Crippen LogP contribution in [0.15, 0.2) is 12.1 Å². The predicted octanol–water partition coefficient (Wildman–Crippen LogP) is 2.12. The van der Waals surface area contributed by atoms with Crippen molar-refractivity contribution in [2.75, 3.05) is 32.6 Å². The van der Waals surface area contributed by atoms with E-state index < -0.39 is 0 Å². The van der Waals surface area contributed by atoms with E-state index in [0.29, 0.717) is 23.1 Å². The molecule has 1 aromatic carbocycles. The maximum absolute atomic E-state index is 6.03. The zero-order valence-corrected chi connectivity index (χ0v) is 10.3. The first-order valence-corrected chi connectivity index (χ1v) is 5.46. The largest absolute Gasteiger partial charge is 0.495 e. The van der Waals surface area contributed by atoms with Gasteiger partial charge in [-0.2, -0.15) is 0 Å². The molecule has 0 aliphatic rings. The van der Waals surface area contributed by atoms with Crippen LogP contribution >= 0.6 is 11.6 Å². The zero-order valence-electron chi connectivity index (χ0n) is 9.55. The maximum Gasteiger partial charge on any atom is 0.145 e. The normalized spacial score (nSPS) is 10.0. The fourth-order valence-electron chi connectivity index (χ4n) is 1.32. The van der Waals surface area contributed by atoms with Crippen LogP contribution in [0.3, 0.4) is 0 Å². The Morgan fingerprint density at radius 2 is 1.94 bits per heavy atom. The number of halogens is 1. The molecular weight excluding hydrogens is 228 g/mol. The lowest BCUT2D eigenvalue weighted by molar-refractivity contribution is 0.395. The average Bonchev–Trinajstić information content (AvgIpc) is 2.30. The summed E-state index contributed by atoms with van der Waals surface area (Å²) in [5, 5.41) is 3.77. The van der Waals surface area contributed by atoms with Crippen LogP contribution < -0.4 is 20.5 Å². The van der Waals surface area contributed by atoms with Gasteiger partial charge < -0.3 is 20.5 Å². The van der Waals surface area contributed by atoms with Crippen molar-refractivity contribution in [1.82, 2.24) is 0 Å². The van der Waals surface area contributed by atoms with E-state index in [2.05, 4.69) is 5.32 Å². The first-order chi connectivity index (χ1) is 7.72. The summed E-state index contributed by atoms with van der Waals surface area (Å²) in [6.07, 6.45) is 0.896. The van der Waals surface area contributed by atoms with Crippen molar-refractivity contribution in [3.05, 3.63) is 17.2 Å². The number of methoxy groups -OCH3 is 2. The van der Waals surface area contributed by atoms with Crippen molar-refractivity contribution in [1.29, 1.82) is 0 Å². The molecule has 0 aliphatic carbocycles. The standard InChI is InChI=1S/C11H17ClN2O2/c1-15-10-7-11(16-2)9(6-8(10)12)14-5-3-4-13/h6-7,14H,3-5,13H2,1-2H3. The van der Waals surface area contributed by atoms with Crippen LogP contribution in [0.4, 0.5) is 5.69 Å². The third-order valence-electron chi connectivity index (χ3n) is 2.17. The summed E-state index contributed by atoms with van der Waals surface area (Å²) in [5.41, 5.74) is 6.27. The smallest absolute Gasteiger partial charge is 0.145 e. The van der Waals surface area contributed by atoms with Crippen LogP contribution in [0.5, 0.6) is 11.5 Å². The lowest BCUT2D eigenvalue weighted by Gasteiger charge is -2.13. The van der Waals surface area contributed by atoms with Gasteiger partial charge in [-0.3, -0.25) is 0 Å². The summed E-state index contributed by atoms with van der Waals surface area (Å²) in [4.78, 5) is 0. The molecular formula is C11H17ClN2O2. The van der Waals surface area contributed by atoms with Gasteiger partial charge >= 0.3 is 0 Å². The number of benzene rings is 1. The molecule has 0 spiro atoms. The van der Waals surface area contributed by atoms with Gasteiger partial charge in [0.05, 0.1) is 24.9 Å². The molecule has 0 unspecified atom stereocenters. The summed E-state index contributed by atoms with van der Waals surface area (Å²) in [6.45, 7) is 1.44. The van der Waals surface area contributed by atoms with Crippen LogP contribution in [0.1, 0.15) is 6.42 Å². The van der Waals surface area contributed by atoms with Crippen LogP contribution in [-0.2, 0) is 0 Å². The summed E-state index contributed by atoms with van der Waals surface area (Å²) in [6, 6.07) is 3.54. The molecule has 0 fully saturated rings. The van der Waals surface area contributed by atoms with Crippen LogP contribution in [0, 0.1) is 0 Å². The average molecular weight is 245 g/mol.